The molecule has 0 aliphatic carbocycles. The van der Waals surface area contributed by atoms with Crippen LogP contribution in [0.3, 0.4) is 0 Å². The third-order valence-electron chi connectivity index (χ3n) is 3.24. The van der Waals surface area contributed by atoms with Crippen molar-refractivity contribution < 1.29 is 32.2 Å². The van der Waals surface area contributed by atoms with E-state index in [0.717, 1.165) is 0 Å². The molecule has 3 N–H and O–H groups in total. The fourth-order valence-electron chi connectivity index (χ4n) is 1.97. The first kappa shape index (κ1) is 21.6. The molecule has 1 atom stereocenters. The first-order valence-electron chi connectivity index (χ1n) is 7.64. The monoisotopic (exact) mass is 377 g/mol. The van der Waals surface area contributed by atoms with Crippen molar-refractivity contribution in [2.24, 2.45) is 5.41 Å². The molecule has 0 fully saturated rings. The Labute approximate surface area is 149 Å². The van der Waals surface area contributed by atoms with E-state index < -0.39 is 29.8 Å². The minimum Gasteiger partial charge on any atom is -0.453 e. The first-order chi connectivity index (χ1) is 11.9. The van der Waals surface area contributed by atoms with E-state index in [-0.39, 0.29) is 12.3 Å². The summed E-state index contributed by atoms with van der Waals surface area (Å²) in [7, 11) is 1.19. The Morgan fingerprint density at radius 2 is 1.69 bits per heavy atom. The molecular formula is C16H22F3N3O4. The fourth-order valence-corrected chi connectivity index (χ4v) is 1.97. The van der Waals surface area contributed by atoms with Gasteiger partial charge in [0, 0.05) is 6.54 Å². The Morgan fingerprint density at radius 1 is 1.12 bits per heavy atom. The molecule has 1 rings (SSSR count). The van der Waals surface area contributed by atoms with Gasteiger partial charge in [-0.3, -0.25) is 10.2 Å². The number of halogens is 3. The lowest BCUT2D eigenvalue weighted by Gasteiger charge is -2.29. The highest BCUT2D eigenvalue weighted by Gasteiger charge is 2.33. The lowest BCUT2D eigenvalue weighted by atomic mass is 9.86. The molecule has 0 saturated carbocycles. The number of hydrogen-bond donors (Lipinski definition) is 3. The summed E-state index contributed by atoms with van der Waals surface area (Å²) in [5.41, 5.74) is 5.15. The van der Waals surface area contributed by atoms with Crippen molar-refractivity contribution in [3.63, 3.8) is 0 Å². The largest absolute Gasteiger partial charge is 0.573 e. The second-order valence-electron chi connectivity index (χ2n) is 6.47. The minimum absolute atomic E-state index is 0.160. The number of hydrogen-bond acceptors (Lipinski definition) is 5. The molecule has 1 aromatic carbocycles. The lowest BCUT2D eigenvalue weighted by molar-refractivity contribution is -0.274. The van der Waals surface area contributed by atoms with Crippen molar-refractivity contribution in [3.05, 3.63) is 29.8 Å². The highest BCUT2D eigenvalue weighted by atomic mass is 19.4. The maximum atomic E-state index is 12.3. The number of benzene rings is 1. The summed E-state index contributed by atoms with van der Waals surface area (Å²) < 4.78 is 44.6. The van der Waals surface area contributed by atoms with E-state index in [2.05, 4.69) is 25.6 Å². The van der Waals surface area contributed by atoms with Crippen LogP contribution >= 0.6 is 0 Å². The van der Waals surface area contributed by atoms with Crippen molar-refractivity contribution in [1.29, 1.82) is 0 Å². The maximum absolute atomic E-state index is 12.3. The predicted molar refractivity (Wildman–Crippen MR) is 86.9 cm³/mol. The third kappa shape index (κ3) is 7.60. The molecule has 0 heterocycles. The van der Waals surface area contributed by atoms with Crippen molar-refractivity contribution in [2.45, 2.75) is 39.7 Å². The normalized spacial score (nSPS) is 12.9. The summed E-state index contributed by atoms with van der Waals surface area (Å²) in [6.07, 6.45) is -5.48. The Balaban J connectivity index is 2.57. The molecule has 0 bridgehead atoms. The van der Waals surface area contributed by atoms with Crippen LogP contribution in [0.4, 0.5) is 18.0 Å². The average molecular weight is 377 g/mol. The molecule has 0 aliphatic heterocycles. The molecule has 0 aromatic heterocycles. The van der Waals surface area contributed by atoms with E-state index >= 15 is 0 Å². The standard InChI is InChI=1S/C16H22F3N3O4/c1-15(2,3)12(21-14(24)25-4)13(23)22-20-9-10-5-7-11(8-6-10)26-16(17,18)19/h5-8,12,20H,9H2,1-4H3,(H,21,24)(H,22,23)/t12-/m1/s1. The Morgan fingerprint density at radius 3 is 2.15 bits per heavy atom. The van der Waals surface area contributed by atoms with Crippen LogP contribution in [0.25, 0.3) is 0 Å². The van der Waals surface area contributed by atoms with Gasteiger partial charge in [-0.1, -0.05) is 32.9 Å². The molecule has 7 nitrogen and oxygen atoms in total. The minimum atomic E-state index is -4.75. The summed E-state index contributed by atoms with van der Waals surface area (Å²) in [5.74, 6) is -0.819. The van der Waals surface area contributed by atoms with Crippen LogP contribution in [-0.2, 0) is 16.1 Å². The Bertz CT molecular complexity index is 613. The second kappa shape index (κ2) is 8.75. The van der Waals surface area contributed by atoms with Gasteiger partial charge in [0.15, 0.2) is 0 Å². The van der Waals surface area contributed by atoms with Crippen molar-refractivity contribution in [2.75, 3.05) is 7.11 Å². The van der Waals surface area contributed by atoms with E-state index in [0.29, 0.717) is 5.56 Å². The van der Waals surface area contributed by atoms with Gasteiger partial charge in [-0.15, -0.1) is 13.2 Å². The zero-order valence-electron chi connectivity index (χ0n) is 14.9. The highest BCUT2D eigenvalue weighted by Crippen LogP contribution is 2.22. The summed E-state index contributed by atoms with van der Waals surface area (Å²) in [6, 6.07) is 4.33. The molecule has 10 heteroatoms. The molecule has 0 spiro atoms. The number of ether oxygens (including phenoxy) is 2. The van der Waals surface area contributed by atoms with Crippen LogP contribution in [0, 0.1) is 5.41 Å². The van der Waals surface area contributed by atoms with E-state index in [1.165, 1.54) is 31.4 Å². The van der Waals surface area contributed by atoms with Gasteiger partial charge in [0.25, 0.3) is 5.91 Å². The fraction of sp³-hybridized carbons (Fsp3) is 0.500. The molecule has 0 saturated heterocycles. The van der Waals surface area contributed by atoms with Crippen LogP contribution in [0.5, 0.6) is 5.75 Å². The van der Waals surface area contributed by atoms with Gasteiger partial charge in [0.2, 0.25) is 0 Å². The zero-order chi connectivity index (χ0) is 20.0. The topological polar surface area (TPSA) is 88.7 Å². The number of alkyl carbamates (subject to hydrolysis) is 1. The average Bonchev–Trinajstić information content (AvgIpc) is 2.51. The van der Waals surface area contributed by atoms with E-state index in [1.54, 1.807) is 20.8 Å². The number of hydrazine groups is 1. The first-order valence-corrected chi connectivity index (χ1v) is 7.64. The number of carbonyl (C=O) groups excluding carboxylic acids is 2. The van der Waals surface area contributed by atoms with Gasteiger partial charge in [-0.2, -0.15) is 0 Å². The lowest BCUT2D eigenvalue weighted by Crippen LogP contribution is -2.56. The van der Waals surface area contributed by atoms with Gasteiger partial charge in [-0.05, 0) is 23.1 Å². The summed E-state index contributed by atoms with van der Waals surface area (Å²) in [6.45, 7) is 5.47. The van der Waals surface area contributed by atoms with Gasteiger partial charge < -0.3 is 14.8 Å². The molecule has 0 radical (unpaired) electrons. The Hall–Kier alpha value is -2.49. The van der Waals surface area contributed by atoms with Gasteiger partial charge in [-0.25, -0.2) is 10.2 Å². The van der Waals surface area contributed by atoms with Gasteiger partial charge in [0.05, 0.1) is 7.11 Å². The number of carbonyl (C=O) groups is 2. The highest BCUT2D eigenvalue weighted by molar-refractivity contribution is 5.86. The summed E-state index contributed by atoms with van der Waals surface area (Å²) >= 11 is 0. The van der Waals surface area contributed by atoms with Crippen molar-refractivity contribution in [1.82, 2.24) is 16.2 Å². The van der Waals surface area contributed by atoms with Crippen LogP contribution in [0.1, 0.15) is 26.3 Å². The molecule has 0 aliphatic rings. The molecular weight excluding hydrogens is 355 g/mol. The molecule has 2 amide bonds. The summed E-state index contributed by atoms with van der Waals surface area (Å²) in [4.78, 5) is 23.6. The van der Waals surface area contributed by atoms with E-state index in [9.17, 15) is 22.8 Å². The SMILES string of the molecule is COC(=O)N[C@H](C(=O)NNCc1ccc(OC(F)(F)F)cc1)C(C)(C)C. The van der Waals surface area contributed by atoms with Crippen molar-refractivity contribution >= 4 is 12.0 Å². The molecule has 26 heavy (non-hydrogen) atoms. The van der Waals surface area contributed by atoms with Gasteiger partial charge in [0.1, 0.15) is 11.8 Å². The molecule has 146 valence electrons. The van der Waals surface area contributed by atoms with E-state index in [1.807, 2.05) is 0 Å². The number of rotatable bonds is 6. The van der Waals surface area contributed by atoms with E-state index in [4.69, 9.17) is 0 Å². The number of nitrogens with one attached hydrogen (secondary N) is 3. The van der Waals surface area contributed by atoms with Crippen LogP contribution in [0.2, 0.25) is 0 Å². The number of methoxy groups -OCH3 is 1. The quantitative estimate of drug-likeness (QED) is 0.663. The van der Waals surface area contributed by atoms with Crippen LogP contribution in [-0.4, -0.2) is 31.5 Å². The maximum Gasteiger partial charge on any atom is 0.573 e. The Kier molecular flexibility index (Phi) is 7.25. The zero-order valence-corrected chi connectivity index (χ0v) is 14.9. The van der Waals surface area contributed by atoms with Crippen molar-refractivity contribution in [3.8, 4) is 5.75 Å². The van der Waals surface area contributed by atoms with Crippen LogP contribution < -0.4 is 20.9 Å². The smallest absolute Gasteiger partial charge is 0.453 e. The number of alkyl halides is 3. The third-order valence-corrected chi connectivity index (χ3v) is 3.24. The van der Waals surface area contributed by atoms with Crippen LogP contribution in [0.15, 0.2) is 24.3 Å². The molecule has 0 unspecified atom stereocenters. The second-order valence-corrected chi connectivity index (χ2v) is 6.47. The molecule has 1 aromatic rings. The van der Waals surface area contributed by atoms with Gasteiger partial charge >= 0.3 is 12.5 Å². The predicted octanol–water partition coefficient (Wildman–Crippen LogP) is 2.48. The number of amides is 2. The summed E-state index contributed by atoms with van der Waals surface area (Å²) in [5, 5.41) is 2.45.